The summed E-state index contributed by atoms with van der Waals surface area (Å²) in [5.41, 5.74) is 7.07. The van der Waals surface area contributed by atoms with Gasteiger partial charge >= 0.3 is 5.69 Å². The minimum Gasteiger partial charge on any atom is -0.495 e. The van der Waals surface area contributed by atoms with Gasteiger partial charge in [0.25, 0.3) is 5.56 Å². The van der Waals surface area contributed by atoms with Crippen LogP contribution in [0, 0.1) is 23.2 Å². The van der Waals surface area contributed by atoms with E-state index in [4.69, 9.17) is 15.5 Å². The number of nitrogens with zero attached hydrogens (tertiary/aromatic N) is 6. The van der Waals surface area contributed by atoms with Crippen LogP contribution in [-0.4, -0.2) is 44.9 Å². The standard InChI is InChI=1S/C29H29N7O3/c1-3-4-16-34-25-26(32-28(34)33-15-9-11-21(31)19-33)36(22-12-6-5-7-13-22)29(38)35(27(25)37)18-20-10-8-14-24(39-2)23(20)17-30/h5-8,10,12-14,21H,9,11,15-16,18-19,31H2,1-2H3. The molecule has 2 aromatic carbocycles. The number of methoxy groups -OCH3 is 1. The van der Waals surface area contributed by atoms with Crippen molar-refractivity contribution in [3.05, 3.63) is 80.5 Å². The molecular formula is C29H29N7O3. The molecule has 0 spiro atoms. The molecule has 1 atom stereocenters. The lowest BCUT2D eigenvalue weighted by Gasteiger charge is -2.31. The minimum atomic E-state index is -0.557. The fourth-order valence-corrected chi connectivity index (χ4v) is 5.09. The van der Waals surface area contributed by atoms with Crippen molar-refractivity contribution < 1.29 is 4.74 Å². The van der Waals surface area contributed by atoms with Gasteiger partial charge in [0, 0.05) is 19.1 Å². The number of ether oxygens (including phenoxy) is 1. The highest BCUT2D eigenvalue weighted by Crippen LogP contribution is 2.25. The molecule has 0 bridgehead atoms. The molecule has 0 radical (unpaired) electrons. The zero-order valence-electron chi connectivity index (χ0n) is 21.9. The molecule has 4 aromatic rings. The summed E-state index contributed by atoms with van der Waals surface area (Å²) in [6.45, 7) is 3.16. The third kappa shape index (κ3) is 4.67. The van der Waals surface area contributed by atoms with Crippen molar-refractivity contribution in [3.8, 4) is 29.3 Å². The smallest absolute Gasteiger partial charge is 0.337 e. The summed E-state index contributed by atoms with van der Waals surface area (Å²) < 4.78 is 9.72. The van der Waals surface area contributed by atoms with Crippen LogP contribution < -0.4 is 26.6 Å². The van der Waals surface area contributed by atoms with E-state index in [9.17, 15) is 14.9 Å². The van der Waals surface area contributed by atoms with Crippen molar-refractivity contribution in [3.63, 3.8) is 0 Å². The molecule has 10 nitrogen and oxygen atoms in total. The number of piperidine rings is 1. The molecule has 0 amide bonds. The van der Waals surface area contributed by atoms with Gasteiger partial charge in [-0.2, -0.15) is 10.2 Å². The van der Waals surface area contributed by atoms with E-state index in [1.54, 1.807) is 41.8 Å². The van der Waals surface area contributed by atoms with E-state index in [2.05, 4.69) is 22.8 Å². The predicted octanol–water partition coefficient (Wildman–Crippen LogP) is 2.23. The predicted molar refractivity (Wildman–Crippen MR) is 149 cm³/mol. The van der Waals surface area contributed by atoms with E-state index < -0.39 is 11.2 Å². The van der Waals surface area contributed by atoms with Gasteiger partial charge < -0.3 is 15.4 Å². The number of imidazole rings is 1. The van der Waals surface area contributed by atoms with Gasteiger partial charge in [-0.05, 0) is 43.5 Å². The summed E-state index contributed by atoms with van der Waals surface area (Å²) in [4.78, 5) is 35.1. The molecule has 1 fully saturated rings. The first-order valence-electron chi connectivity index (χ1n) is 12.8. The van der Waals surface area contributed by atoms with Crippen molar-refractivity contribution >= 4 is 17.1 Å². The first kappa shape index (κ1) is 25.8. The summed E-state index contributed by atoms with van der Waals surface area (Å²) in [5.74, 6) is 6.89. The van der Waals surface area contributed by atoms with Gasteiger partial charge in [-0.1, -0.05) is 36.3 Å². The Labute approximate surface area is 225 Å². The number of fused-ring (bicyclic) bond motifs is 1. The Kier molecular flexibility index (Phi) is 7.22. The zero-order valence-corrected chi connectivity index (χ0v) is 21.9. The van der Waals surface area contributed by atoms with Crippen molar-refractivity contribution in [1.82, 2.24) is 18.7 Å². The highest BCUT2D eigenvalue weighted by atomic mass is 16.5. The highest BCUT2D eigenvalue weighted by Gasteiger charge is 2.27. The summed E-state index contributed by atoms with van der Waals surface area (Å²) >= 11 is 0. The monoisotopic (exact) mass is 523 g/mol. The molecule has 3 heterocycles. The Balaban J connectivity index is 1.83. The lowest BCUT2D eigenvalue weighted by Crippen LogP contribution is -2.44. The van der Waals surface area contributed by atoms with Crippen LogP contribution in [0.2, 0.25) is 0 Å². The van der Waals surface area contributed by atoms with E-state index >= 15 is 0 Å². The average molecular weight is 524 g/mol. The largest absolute Gasteiger partial charge is 0.495 e. The van der Waals surface area contributed by atoms with Crippen LogP contribution in [-0.2, 0) is 13.1 Å². The molecule has 2 aromatic heterocycles. The fraction of sp³-hybridized carbons (Fsp3) is 0.310. The summed E-state index contributed by atoms with van der Waals surface area (Å²) in [6.07, 6.45) is 1.81. The maximum absolute atomic E-state index is 14.1. The average Bonchev–Trinajstić information content (AvgIpc) is 3.33. The molecule has 10 heteroatoms. The third-order valence-corrected chi connectivity index (χ3v) is 6.95. The van der Waals surface area contributed by atoms with Gasteiger partial charge in [-0.3, -0.25) is 13.9 Å². The number of anilines is 1. The lowest BCUT2D eigenvalue weighted by molar-refractivity contribution is 0.412. The number of nitrogens with two attached hydrogens (primary N) is 1. The molecule has 1 saturated heterocycles. The Morgan fingerprint density at radius 1 is 1.13 bits per heavy atom. The van der Waals surface area contributed by atoms with Gasteiger partial charge in [0.15, 0.2) is 11.2 Å². The zero-order chi connectivity index (χ0) is 27.5. The number of hydrogen-bond donors (Lipinski definition) is 1. The number of hydrogen-bond acceptors (Lipinski definition) is 7. The molecule has 1 aliphatic rings. The van der Waals surface area contributed by atoms with E-state index in [0.717, 1.165) is 24.0 Å². The molecular weight excluding hydrogens is 494 g/mol. The van der Waals surface area contributed by atoms with Crippen LogP contribution in [0.25, 0.3) is 16.9 Å². The Morgan fingerprint density at radius 3 is 2.62 bits per heavy atom. The van der Waals surface area contributed by atoms with E-state index in [1.807, 2.05) is 18.2 Å². The van der Waals surface area contributed by atoms with Crippen LogP contribution in [0.15, 0.2) is 58.1 Å². The normalized spacial score (nSPS) is 15.0. The van der Waals surface area contributed by atoms with Crippen molar-refractivity contribution in [2.45, 2.75) is 38.9 Å². The maximum atomic E-state index is 14.1. The number of aromatic nitrogens is 4. The SMILES string of the molecule is CC#CCn1c(N2CCCC(N)C2)nc2c1c(=O)n(Cc1cccc(OC)c1C#N)c(=O)n2-c1ccccc1. The topological polar surface area (TPSA) is 124 Å². The minimum absolute atomic E-state index is 0.0188. The van der Waals surface area contributed by atoms with Crippen LogP contribution in [0.5, 0.6) is 5.75 Å². The third-order valence-electron chi connectivity index (χ3n) is 6.95. The van der Waals surface area contributed by atoms with Gasteiger partial charge in [-0.25, -0.2) is 9.36 Å². The van der Waals surface area contributed by atoms with Crippen molar-refractivity contribution in [2.24, 2.45) is 5.73 Å². The summed E-state index contributed by atoms with van der Waals surface area (Å²) in [7, 11) is 1.47. The molecule has 39 heavy (non-hydrogen) atoms. The second kappa shape index (κ2) is 10.9. The van der Waals surface area contributed by atoms with E-state index in [0.29, 0.717) is 29.5 Å². The van der Waals surface area contributed by atoms with Gasteiger partial charge in [0.05, 0.1) is 31.5 Å². The second-order valence-corrected chi connectivity index (χ2v) is 9.40. The fourth-order valence-electron chi connectivity index (χ4n) is 5.09. The van der Waals surface area contributed by atoms with Gasteiger partial charge in [0.1, 0.15) is 11.8 Å². The molecule has 198 valence electrons. The number of nitriles is 1. The Bertz CT molecular complexity index is 1750. The van der Waals surface area contributed by atoms with Crippen molar-refractivity contribution in [2.75, 3.05) is 25.1 Å². The van der Waals surface area contributed by atoms with E-state index in [-0.39, 0.29) is 35.9 Å². The number of para-hydroxylation sites is 1. The molecule has 0 saturated carbocycles. The van der Waals surface area contributed by atoms with Crippen LogP contribution in [0.1, 0.15) is 30.9 Å². The molecule has 0 aliphatic carbocycles. The number of benzene rings is 2. The Morgan fingerprint density at radius 2 is 1.92 bits per heavy atom. The first-order chi connectivity index (χ1) is 19.0. The molecule has 1 aliphatic heterocycles. The lowest BCUT2D eigenvalue weighted by atomic mass is 10.1. The van der Waals surface area contributed by atoms with E-state index in [1.165, 1.54) is 11.7 Å². The van der Waals surface area contributed by atoms with Crippen LogP contribution in [0.4, 0.5) is 5.95 Å². The quantitative estimate of drug-likeness (QED) is 0.384. The van der Waals surface area contributed by atoms with Crippen LogP contribution in [0.3, 0.4) is 0 Å². The summed E-state index contributed by atoms with van der Waals surface area (Å²) in [6, 6.07) is 16.3. The molecule has 5 rings (SSSR count). The van der Waals surface area contributed by atoms with Gasteiger partial charge in [-0.15, -0.1) is 5.92 Å². The van der Waals surface area contributed by atoms with Crippen LogP contribution >= 0.6 is 0 Å². The first-order valence-corrected chi connectivity index (χ1v) is 12.8. The Hall–Kier alpha value is -4.80. The highest BCUT2D eigenvalue weighted by molar-refractivity contribution is 5.77. The maximum Gasteiger partial charge on any atom is 0.337 e. The van der Waals surface area contributed by atoms with Crippen molar-refractivity contribution in [1.29, 1.82) is 5.26 Å². The molecule has 2 N–H and O–H groups in total. The molecule has 1 unspecified atom stereocenters. The second-order valence-electron chi connectivity index (χ2n) is 9.40. The summed E-state index contributed by atoms with van der Waals surface area (Å²) in [5, 5.41) is 9.82. The van der Waals surface area contributed by atoms with Gasteiger partial charge in [0.2, 0.25) is 5.95 Å². The number of rotatable bonds is 6.